The Bertz CT molecular complexity index is 3480. The van der Waals surface area contributed by atoms with E-state index < -0.39 is 225 Å². The van der Waals surface area contributed by atoms with Gasteiger partial charge in [0.25, 0.3) is 9.84 Å². The zero-order valence-corrected chi connectivity index (χ0v) is 50.3. The van der Waals surface area contributed by atoms with Crippen molar-refractivity contribution >= 4 is 52.0 Å². The maximum absolute atomic E-state index is 13.7. The number of thioether (sulfide) groups is 1. The van der Waals surface area contributed by atoms with Crippen LogP contribution in [0.3, 0.4) is 0 Å². The molecular formula is C31H6F36K2O15S5. The van der Waals surface area contributed by atoms with Gasteiger partial charge in [-0.05, 0) is 11.8 Å². The van der Waals surface area contributed by atoms with Crippen LogP contribution >= 0.6 is 11.8 Å². The third-order valence-electron chi connectivity index (χ3n) is 8.24. The molecule has 0 N–H and O–H groups in total. The smallest absolute Gasteiger partial charge is 0.743 e. The summed E-state index contributed by atoms with van der Waals surface area (Å²) >= 11 is -2.10. The summed E-state index contributed by atoms with van der Waals surface area (Å²) in [6.45, 7) is 0. The van der Waals surface area contributed by atoms with E-state index in [0.717, 1.165) is 0 Å². The molecule has 89 heavy (non-hydrogen) atoms. The van der Waals surface area contributed by atoms with E-state index in [4.69, 9.17) is 0 Å². The summed E-state index contributed by atoms with van der Waals surface area (Å²) < 4.78 is 588. The van der Waals surface area contributed by atoms with Crippen molar-refractivity contribution in [2.45, 2.75) is 78.8 Å². The summed E-state index contributed by atoms with van der Waals surface area (Å²) in [6.07, 6.45) is -49.4. The molecule has 0 bridgehead atoms. The van der Waals surface area contributed by atoms with Crippen LogP contribution in [0.4, 0.5) is 158 Å². The fourth-order valence-electron chi connectivity index (χ4n) is 4.11. The summed E-state index contributed by atoms with van der Waals surface area (Å²) in [5, 5.41) is -34.5. The van der Waals surface area contributed by atoms with Gasteiger partial charge in [-0.2, -0.15) is 123 Å². The summed E-state index contributed by atoms with van der Waals surface area (Å²) in [5.41, 5.74) is 0. The van der Waals surface area contributed by atoms with Crippen molar-refractivity contribution in [3.63, 3.8) is 0 Å². The first kappa shape index (κ1) is 89.2. The van der Waals surface area contributed by atoms with Crippen molar-refractivity contribution in [1.82, 2.24) is 0 Å². The first-order chi connectivity index (χ1) is 37.9. The number of sulfone groups is 1. The molecule has 504 valence electrons. The van der Waals surface area contributed by atoms with Gasteiger partial charge in [0.2, 0.25) is 17.4 Å². The number of benzene rings is 3. The van der Waals surface area contributed by atoms with Crippen molar-refractivity contribution in [3.8, 4) is 5.75 Å². The molecular weight excluding hydrogens is 1530 g/mol. The zero-order valence-electron chi connectivity index (χ0n) is 40.0. The first-order valence-electron chi connectivity index (χ1n) is 18.3. The predicted octanol–water partition coefficient (Wildman–Crippen LogP) is 5.21. The molecule has 0 heterocycles. The van der Waals surface area contributed by atoms with Crippen LogP contribution in [0.5, 0.6) is 5.75 Å². The second kappa shape index (κ2) is 28.4. The number of alkyl halides is 24. The predicted molar refractivity (Wildman–Crippen MR) is 190 cm³/mol. The van der Waals surface area contributed by atoms with E-state index in [9.17, 15) is 201 Å². The van der Waals surface area contributed by atoms with Crippen LogP contribution in [0.2, 0.25) is 0 Å². The van der Waals surface area contributed by atoms with Gasteiger partial charge in [-0.25, -0.2) is 83.4 Å². The second-order valence-electron chi connectivity index (χ2n) is 14.1. The molecule has 0 saturated carbocycles. The summed E-state index contributed by atoms with van der Waals surface area (Å²) in [5.74, 6) is -35.6. The van der Waals surface area contributed by atoms with Gasteiger partial charge in [0, 0.05) is 18.2 Å². The molecule has 0 aromatic heterocycles. The van der Waals surface area contributed by atoms with Crippen molar-refractivity contribution in [2.75, 3.05) is 7.11 Å². The zero-order chi connectivity index (χ0) is 70.0. The van der Waals surface area contributed by atoms with Crippen molar-refractivity contribution in [2.24, 2.45) is 0 Å². The van der Waals surface area contributed by atoms with Gasteiger partial charge in [-0.1, -0.05) is 0 Å². The maximum Gasteiger partial charge on any atom is 1.00 e. The molecule has 3 aromatic rings. The fraction of sp³-hybridized carbons (Fsp3) is 0.419. The Morgan fingerprint density at radius 2 is 0.618 bits per heavy atom. The van der Waals surface area contributed by atoms with Crippen LogP contribution < -0.4 is 108 Å². The second-order valence-corrected chi connectivity index (χ2v) is 21.8. The summed E-state index contributed by atoms with van der Waals surface area (Å²) in [7, 11) is -29.6. The quantitative estimate of drug-likeness (QED) is 0.0314. The monoisotopic (exact) mass is 1540 g/mol. The molecule has 0 unspecified atom stereocenters. The van der Waals surface area contributed by atoms with Crippen LogP contribution in [0.15, 0.2) is 28.0 Å². The molecule has 0 aliphatic carbocycles. The Hall–Kier alpha value is -1.88. The molecule has 3 aromatic carbocycles. The Kier molecular flexibility index (Phi) is 28.5. The van der Waals surface area contributed by atoms with Crippen LogP contribution in [-0.2, 0) is 58.6 Å². The van der Waals surface area contributed by atoms with Gasteiger partial charge >= 0.3 is 182 Å². The van der Waals surface area contributed by atoms with Crippen LogP contribution in [0, 0.1) is 69.8 Å². The molecule has 15 nitrogen and oxygen atoms in total. The van der Waals surface area contributed by atoms with E-state index in [-0.39, 0.29) is 110 Å². The number of ether oxygens (including phenoxy) is 4. The molecule has 0 amide bonds. The normalized spacial score (nSPS) is 14.2. The van der Waals surface area contributed by atoms with Gasteiger partial charge in [-0.3, -0.25) is 4.18 Å². The molecule has 58 heteroatoms. The average molecular weight is 1540 g/mol. The number of hydrogen-bond acceptors (Lipinski definition) is 16. The Balaban J connectivity index is 0. The summed E-state index contributed by atoms with van der Waals surface area (Å²) in [6, 6.07) is -1.88. The molecule has 3 rings (SSSR count). The number of halogens is 36. The van der Waals surface area contributed by atoms with Gasteiger partial charge in [0.1, 0.15) is 0 Å². The van der Waals surface area contributed by atoms with E-state index in [1.54, 1.807) is 9.47 Å². The molecule has 0 saturated heterocycles. The van der Waals surface area contributed by atoms with Crippen molar-refractivity contribution in [3.05, 3.63) is 88.0 Å². The van der Waals surface area contributed by atoms with E-state index in [0.29, 0.717) is 0 Å². The van der Waals surface area contributed by atoms with E-state index >= 15 is 0 Å². The molecule has 0 atom stereocenters. The minimum Gasteiger partial charge on any atom is -0.743 e. The standard InChI is InChI=1S/C11H4F12O4S2.C10H2F12O6S2.C10H2F12O5S.2K/c1-26-29(24,25)11(22,23)9(18,19)27-8(16,17)10(20,21)28-7-5(14)3(12)2-4(13)6(7)15;11-2-1-3(12)5(14)6(4(2)13)29(23,24)9(19,20)7(15,16)28-8(17,18)10(21,22)30(25,26)27;11-2-1-3(12)5(14)6(4(2)13)26-7(15,16)8(17,18)27-9(19,20)10(21,22)28(23,24)25;;/h2H,1H3;1H,(H,25,26,27);1H,(H,23,24,25);;/q;;;2*+1/p-2. The third-order valence-corrected chi connectivity index (χ3v) is 14.1. The van der Waals surface area contributed by atoms with E-state index in [1.165, 1.54) is 0 Å². The van der Waals surface area contributed by atoms with Crippen LogP contribution in [0.1, 0.15) is 0 Å². The maximum atomic E-state index is 13.7. The SMILES string of the molecule is COS(=O)(=O)C(F)(F)C(F)(F)OC(F)(F)C(F)(F)Sc1c(F)c(F)cc(F)c1F.O=S(=O)([O-])C(F)(F)C(F)(F)OC(F)(F)C(F)(F)Oc1c(F)c(F)cc(F)c1F.O=S(=O)([O-])C(F)(F)C(F)(F)OC(F)(F)C(F)(F)S(=O)(=O)c1c(F)c(F)cc(F)c1F.[K+].[K+]. The largest absolute Gasteiger partial charge is 1.00 e. The van der Waals surface area contributed by atoms with Crippen LogP contribution in [-0.4, -0.2) is 119 Å². The Morgan fingerprint density at radius 1 is 0.360 bits per heavy atom. The van der Waals surface area contributed by atoms with Crippen LogP contribution in [0.25, 0.3) is 0 Å². The minimum absolute atomic E-state index is 0. The van der Waals surface area contributed by atoms with Crippen molar-refractivity contribution < 1.29 is 327 Å². The molecule has 0 spiro atoms. The topological polar surface area (TPSA) is 229 Å². The molecule has 0 aliphatic heterocycles. The average Bonchev–Trinajstić information content (AvgIpc) is 3.14. The van der Waals surface area contributed by atoms with Gasteiger partial charge in [0.15, 0.2) is 83.3 Å². The first-order valence-corrected chi connectivity index (χ1v) is 24.9. The van der Waals surface area contributed by atoms with E-state index in [1.807, 2.05) is 4.74 Å². The van der Waals surface area contributed by atoms with Gasteiger partial charge < -0.3 is 13.8 Å². The molecule has 0 aliphatic rings. The Labute approximate surface area is 553 Å². The minimum atomic E-state index is -7.80. The molecule has 0 radical (unpaired) electrons. The Morgan fingerprint density at radius 3 is 0.921 bits per heavy atom. The van der Waals surface area contributed by atoms with Gasteiger partial charge in [0.05, 0.1) is 12.0 Å². The molecule has 0 fully saturated rings. The number of rotatable bonds is 22. The van der Waals surface area contributed by atoms with Crippen molar-refractivity contribution in [1.29, 1.82) is 0 Å². The summed E-state index contributed by atoms with van der Waals surface area (Å²) in [4.78, 5) is -5.95. The van der Waals surface area contributed by atoms with Gasteiger partial charge in [-0.15, -0.1) is 0 Å². The number of hydrogen-bond donors (Lipinski definition) is 0. The third kappa shape index (κ3) is 17.8. The van der Waals surface area contributed by atoms with E-state index in [2.05, 4.69) is 8.92 Å². The fourth-order valence-corrected chi connectivity index (χ4v) is 7.39.